The summed E-state index contributed by atoms with van der Waals surface area (Å²) in [4.78, 5) is 0. The molecule has 0 spiro atoms. The summed E-state index contributed by atoms with van der Waals surface area (Å²) in [6, 6.07) is 9.88. The van der Waals surface area contributed by atoms with E-state index in [9.17, 15) is 5.11 Å². The highest BCUT2D eigenvalue weighted by Gasteiger charge is 2.14. The first kappa shape index (κ1) is 16.2. The van der Waals surface area contributed by atoms with Crippen molar-refractivity contribution >= 4 is 0 Å². The zero-order chi connectivity index (χ0) is 13.9. The fourth-order valence-electron chi connectivity index (χ4n) is 2.10. The molecule has 0 aromatic heterocycles. The van der Waals surface area contributed by atoms with Crippen LogP contribution in [-0.2, 0) is 6.42 Å². The highest BCUT2D eigenvalue weighted by Crippen LogP contribution is 2.04. The van der Waals surface area contributed by atoms with Gasteiger partial charge in [0, 0.05) is 12.6 Å². The van der Waals surface area contributed by atoms with E-state index in [2.05, 4.69) is 12.2 Å². The minimum atomic E-state index is -0.480. The first-order chi connectivity index (χ1) is 9.24. The number of nitrogens with one attached hydrogen (secondary N) is 1. The van der Waals surface area contributed by atoms with Crippen molar-refractivity contribution in [3.8, 4) is 0 Å². The van der Waals surface area contributed by atoms with Crippen LogP contribution in [0.2, 0.25) is 0 Å². The third-order valence-corrected chi connectivity index (χ3v) is 3.37. The van der Waals surface area contributed by atoms with E-state index in [0.717, 1.165) is 13.0 Å². The Morgan fingerprint density at radius 2 is 1.89 bits per heavy atom. The van der Waals surface area contributed by atoms with E-state index in [4.69, 9.17) is 5.73 Å². The van der Waals surface area contributed by atoms with Gasteiger partial charge in [-0.05, 0) is 24.9 Å². The van der Waals surface area contributed by atoms with Crippen molar-refractivity contribution in [3.05, 3.63) is 35.9 Å². The summed E-state index contributed by atoms with van der Waals surface area (Å²) in [6.45, 7) is 3.76. The zero-order valence-electron chi connectivity index (χ0n) is 12.0. The van der Waals surface area contributed by atoms with Gasteiger partial charge in [-0.1, -0.05) is 56.5 Å². The van der Waals surface area contributed by atoms with Gasteiger partial charge in [0.25, 0.3) is 0 Å². The number of nitrogens with two attached hydrogens (primary N) is 1. The van der Waals surface area contributed by atoms with Crippen molar-refractivity contribution in [1.29, 1.82) is 0 Å². The molecule has 0 bridgehead atoms. The van der Waals surface area contributed by atoms with Crippen molar-refractivity contribution < 1.29 is 5.11 Å². The topological polar surface area (TPSA) is 58.3 Å². The lowest BCUT2D eigenvalue weighted by Crippen LogP contribution is -2.43. The molecule has 0 aliphatic carbocycles. The van der Waals surface area contributed by atoms with Gasteiger partial charge in [-0.3, -0.25) is 0 Å². The maximum Gasteiger partial charge on any atom is 0.0818 e. The summed E-state index contributed by atoms with van der Waals surface area (Å²) in [5, 5.41) is 13.3. The third kappa shape index (κ3) is 7.31. The monoisotopic (exact) mass is 264 g/mol. The second-order valence-electron chi connectivity index (χ2n) is 5.19. The van der Waals surface area contributed by atoms with E-state index < -0.39 is 6.10 Å². The quantitative estimate of drug-likeness (QED) is 0.567. The summed E-state index contributed by atoms with van der Waals surface area (Å²) in [7, 11) is 0. The van der Waals surface area contributed by atoms with Crippen LogP contribution in [0.25, 0.3) is 0 Å². The molecule has 0 unspecified atom stereocenters. The molecule has 3 nitrogen and oxygen atoms in total. The maximum absolute atomic E-state index is 9.99. The first-order valence-corrected chi connectivity index (χ1v) is 7.42. The first-order valence-electron chi connectivity index (χ1n) is 7.42. The van der Waals surface area contributed by atoms with Crippen molar-refractivity contribution in [1.82, 2.24) is 5.32 Å². The van der Waals surface area contributed by atoms with Gasteiger partial charge in [0.2, 0.25) is 0 Å². The van der Waals surface area contributed by atoms with Gasteiger partial charge in [-0.2, -0.15) is 0 Å². The van der Waals surface area contributed by atoms with Crippen LogP contribution in [0.15, 0.2) is 30.3 Å². The number of aliphatic hydroxyl groups is 1. The predicted octanol–water partition coefficient (Wildman–Crippen LogP) is 2.09. The van der Waals surface area contributed by atoms with Crippen LogP contribution in [0.1, 0.15) is 38.2 Å². The lowest BCUT2D eigenvalue weighted by atomic mass is 10.0. The van der Waals surface area contributed by atoms with Gasteiger partial charge in [-0.15, -0.1) is 0 Å². The number of rotatable bonds is 10. The number of hydrogen-bond donors (Lipinski definition) is 3. The van der Waals surface area contributed by atoms with Crippen LogP contribution in [0, 0.1) is 0 Å². The highest BCUT2D eigenvalue weighted by atomic mass is 16.3. The van der Waals surface area contributed by atoms with E-state index in [1.54, 1.807) is 0 Å². The van der Waals surface area contributed by atoms with E-state index in [0.29, 0.717) is 6.54 Å². The molecule has 0 fully saturated rings. The number of aliphatic hydroxyl groups excluding tert-OH is 1. The van der Waals surface area contributed by atoms with E-state index in [1.165, 1.54) is 31.2 Å². The maximum atomic E-state index is 9.99. The van der Waals surface area contributed by atoms with Gasteiger partial charge < -0.3 is 16.2 Å². The minimum Gasteiger partial charge on any atom is -0.390 e. The number of hydrogen-bond acceptors (Lipinski definition) is 3. The fraction of sp³-hybridized carbons (Fsp3) is 0.625. The average Bonchev–Trinajstić information content (AvgIpc) is 2.43. The van der Waals surface area contributed by atoms with Crippen molar-refractivity contribution in [2.45, 2.75) is 51.2 Å². The van der Waals surface area contributed by atoms with Crippen LogP contribution >= 0.6 is 0 Å². The van der Waals surface area contributed by atoms with Crippen molar-refractivity contribution in [2.75, 3.05) is 13.1 Å². The lowest BCUT2D eigenvalue weighted by Gasteiger charge is -2.19. The molecule has 0 radical (unpaired) electrons. The molecule has 3 heteroatoms. The Morgan fingerprint density at radius 1 is 1.16 bits per heavy atom. The molecule has 0 heterocycles. The number of unbranched alkanes of at least 4 members (excludes halogenated alkanes) is 3. The fourth-order valence-corrected chi connectivity index (χ4v) is 2.10. The van der Waals surface area contributed by atoms with Crippen LogP contribution < -0.4 is 11.1 Å². The molecule has 0 aliphatic rings. The predicted molar refractivity (Wildman–Crippen MR) is 81.1 cm³/mol. The molecule has 0 saturated heterocycles. The van der Waals surface area contributed by atoms with E-state index >= 15 is 0 Å². The Balaban J connectivity index is 2.13. The summed E-state index contributed by atoms with van der Waals surface area (Å²) in [5.41, 5.74) is 7.20. The smallest absolute Gasteiger partial charge is 0.0818 e. The summed E-state index contributed by atoms with van der Waals surface area (Å²) >= 11 is 0. The van der Waals surface area contributed by atoms with E-state index in [1.807, 2.05) is 30.3 Å². The Morgan fingerprint density at radius 3 is 2.58 bits per heavy atom. The molecular formula is C16H28N2O. The molecule has 0 amide bonds. The summed E-state index contributed by atoms with van der Waals surface area (Å²) in [6.07, 6.45) is 5.22. The Hall–Kier alpha value is -0.900. The van der Waals surface area contributed by atoms with Crippen LogP contribution in [-0.4, -0.2) is 30.3 Å². The summed E-state index contributed by atoms with van der Waals surface area (Å²) < 4.78 is 0. The average molecular weight is 264 g/mol. The highest BCUT2D eigenvalue weighted by molar-refractivity contribution is 5.16. The lowest BCUT2D eigenvalue weighted by molar-refractivity contribution is 0.142. The van der Waals surface area contributed by atoms with Gasteiger partial charge >= 0.3 is 0 Å². The zero-order valence-corrected chi connectivity index (χ0v) is 12.0. The minimum absolute atomic E-state index is 0.203. The summed E-state index contributed by atoms with van der Waals surface area (Å²) in [5.74, 6) is 0. The number of benzene rings is 1. The molecule has 108 valence electrons. The van der Waals surface area contributed by atoms with E-state index in [-0.39, 0.29) is 6.04 Å². The van der Waals surface area contributed by atoms with Crippen LogP contribution in [0.4, 0.5) is 0 Å². The normalized spacial score (nSPS) is 14.3. The molecule has 4 N–H and O–H groups in total. The Labute approximate surface area is 117 Å². The standard InChI is InChI=1S/C16H28N2O/c1-2-3-4-8-11-18-13-16(19)15(17)12-14-9-6-5-7-10-14/h5-7,9-10,15-16,18-19H,2-4,8,11-13,17H2,1H3/t15-,16+/m0/s1. The van der Waals surface area contributed by atoms with Crippen LogP contribution in [0.3, 0.4) is 0 Å². The largest absolute Gasteiger partial charge is 0.390 e. The molecule has 0 saturated carbocycles. The molecule has 1 aromatic carbocycles. The van der Waals surface area contributed by atoms with Crippen molar-refractivity contribution in [2.24, 2.45) is 5.73 Å². The SMILES string of the molecule is CCCCCCNC[C@@H](O)[C@@H](N)Cc1ccccc1. The van der Waals surface area contributed by atoms with Crippen LogP contribution in [0.5, 0.6) is 0 Å². The van der Waals surface area contributed by atoms with Gasteiger partial charge in [0.15, 0.2) is 0 Å². The second-order valence-corrected chi connectivity index (χ2v) is 5.19. The Bertz CT molecular complexity index is 316. The Kier molecular flexibility index (Phi) is 8.47. The van der Waals surface area contributed by atoms with Gasteiger partial charge in [0.1, 0.15) is 0 Å². The van der Waals surface area contributed by atoms with Crippen molar-refractivity contribution in [3.63, 3.8) is 0 Å². The molecule has 19 heavy (non-hydrogen) atoms. The second kappa shape index (κ2) is 9.96. The molecule has 0 aliphatic heterocycles. The molecule has 1 aromatic rings. The molecular weight excluding hydrogens is 236 g/mol. The third-order valence-electron chi connectivity index (χ3n) is 3.37. The molecule has 1 rings (SSSR count). The van der Waals surface area contributed by atoms with Gasteiger partial charge in [0.05, 0.1) is 6.10 Å². The van der Waals surface area contributed by atoms with Gasteiger partial charge in [-0.25, -0.2) is 0 Å². The molecule has 2 atom stereocenters.